The van der Waals surface area contributed by atoms with Crippen molar-refractivity contribution in [2.75, 3.05) is 26.2 Å². The maximum atomic E-state index is 13.2. The molecule has 1 amide bonds. The number of methoxy groups -OCH3 is 2. The van der Waals surface area contributed by atoms with Gasteiger partial charge in [-0.1, -0.05) is 18.2 Å². The van der Waals surface area contributed by atoms with Gasteiger partial charge in [0, 0.05) is 38.6 Å². The van der Waals surface area contributed by atoms with Crippen molar-refractivity contribution in [3.8, 4) is 0 Å². The van der Waals surface area contributed by atoms with Crippen LogP contribution < -0.4 is 4.90 Å². The van der Waals surface area contributed by atoms with Gasteiger partial charge in [-0.25, -0.2) is 0 Å². The van der Waals surface area contributed by atoms with Crippen LogP contribution in [0.1, 0.15) is 24.3 Å². The van der Waals surface area contributed by atoms with E-state index < -0.39 is 23.4 Å². The van der Waals surface area contributed by atoms with Gasteiger partial charge in [-0.15, -0.1) is 0 Å². The second kappa shape index (κ2) is 5.45. The van der Waals surface area contributed by atoms with Crippen molar-refractivity contribution in [3.63, 3.8) is 0 Å². The van der Waals surface area contributed by atoms with Gasteiger partial charge < -0.3 is 14.4 Å². The zero-order valence-corrected chi connectivity index (χ0v) is 13.4. The van der Waals surface area contributed by atoms with Crippen LogP contribution in [0.2, 0.25) is 0 Å². The molecule has 122 valence electrons. The van der Waals surface area contributed by atoms with Crippen LogP contribution in [0.15, 0.2) is 24.3 Å². The minimum atomic E-state index is -1.51. The molecule has 1 saturated carbocycles. The Balaban J connectivity index is 2.30. The smallest absolute Gasteiger partial charge is 0.324 e. The average molecular weight is 317 g/mol. The number of nitrogens with zero attached hydrogens (tertiary/aromatic N) is 1. The van der Waals surface area contributed by atoms with E-state index in [1.807, 2.05) is 24.3 Å². The molecule has 1 aliphatic heterocycles. The molecule has 2 aliphatic rings. The van der Waals surface area contributed by atoms with Gasteiger partial charge in [0.15, 0.2) is 5.41 Å². The fourth-order valence-electron chi connectivity index (χ4n) is 3.98. The largest absolute Gasteiger partial charge is 0.468 e. The van der Waals surface area contributed by atoms with Crippen LogP contribution in [0.4, 0.5) is 5.69 Å². The Bertz CT molecular complexity index is 685. The zero-order chi connectivity index (χ0) is 16.8. The number of anilines is 1. The maximum Gasteiger partial charge on any atom is 0.324 e. The van der Waals surface area contributed by atoms with E-state index in [2.05, 4.69) is 0 Å². The summed E-state index contributed by atoms with van der Waals surface area (Å²) in [6, 6.07) is 7.33. The van der Waals surface area contributed by atoms with Gasteiger partial charge in [-0.05, 0) is 11.6 Å². The molecule has 0 saturated heterocycles. The molecule has 23 heavy (non-hydrogen) atoms. The number of carbonyl (C=O) groups excluding carboxylic acids is 3. The summed E-state index contributed by atoms with van der Waals surface area (Å²) in [6.07, 6.45) is -0.667. The number of fused-ring (bicyclic) bond motifs is 3. The van der Waals surface area contributed by atoms with Gasteiger partial charge in [0.05, 0.1) is 13.2 Å². The van der Waals surface area contributed by atoms with Crippen molar-refractivity contribution < 1.29 is 23.9 Å². The van der Waals surface area contributed by atoms with Crippen molar-refractivity contribution in [3.05, 3.63) is 29.8 Å². The lowest BCUT2D eigenvalue weighted by molar-refractivity contribution is -0.175. The number of benzene rings is 1. The number of hydrogen-bond donors (Lipinski definition) is 0. The molecule has 0 N–H and O–H groups in total. The summed E-state index contributed by atoms with van der Waals surface area (Å²) in [5.41, 5.74) is 0.00207. The fraction of sp³-hybridized carbons (Fsp3) is 0.471. The highest BCUT2D eigenvalue weighted by Gasteiger charge is 2.65. The van der Waals surface area contributed by atoms with E-state index >= 15 is 0 Å². The lowest BCUT2D eigenvalue weighted by atomic mass is 9.59. The summed E-state index contributed by atoms with van der Waals surface area (Å²) in [7, 11) is 4.30. The van der Waals surface area contributed by atoms with Gasteiger partial charge >= 0.3 is 5.97 Å². The number of rotatable bonds is 2. The first-order valence-electron chi connectivity index (χ1n) is 7.48. The van der Waals surface area contributed by atoms with Gasteiger partial charge in [0.25, 0.3) is 0 Å². The number of ether oxygens (including phenoxy) is 2. The molecular formula is C17H19NO5. The van der Waals surface area contributed by atoms with Crippen molar-refractivity contribution in [1.82, 2.24) is 0 Å². The van der Waals surface area contributed by atoms with E-state index in [0.717, 1.165) is 5.56 Å². The Labute approximate surface area is 134 Å². The van der Waals surface area contributed by atoms with E-state index in [0.29, 0.717) is 5.69 Å². The molecule has 0 radical (unpaired) electrons. The van der Waals surface area contributed by atoms with Crippen LogP contribution in [0.5, 0.6) is 0 Å². The number of amides is 1. The monoisotopic (exact) mass is 317 g/mol. The SMILES string of the molecule is COC(=O)[C@@]12C(=O)N(C)c3ccccc3[C@@H]1CC(=O)C[C@@H]2OC. The zero-order valence-electron chi connectivity index (χ0n) is 13.4. The molecule has 3 atom stereocenters. The number of carbonyl (C=O) groups is 3. The van der Waals surface area contributed by atoms with E-state index in [-0.39, 0.29) is 24.5 Å². The third kappa shape index (κ3) is 1.94. The molecule has 1 fully saturated rings. The first-order valence-corrected chi connectivity index (χ1v) is 7.48. The number of para-hydroxylation sites is 1. The Hall–Kier alpha value is -2.21. The molecule has 0 aromatic heterocycles. The van der Waals surface area contributed by atoms with Crippen LogP contribution in [0, 0.1) is 5.41 Å². The minimum Gasteiger partial charge on any atom is -0.468 e. The summed E-state index contributed by atoms with van der Waals surface area (Å²) in [5, 5.41) is 0. The maximum absolute atomic E-state index is 13.2. The lowest BCUT2D eigenvalue weighted by Gasteiger charge is -2.50. The Kier molecular flexibility index (Phi) is 3.72. The first-order chi connectivity index (χ1) is 11.0. The van der Waals surface area contributed by atoms with Crippen LogP contribution >= 0.6 is 0 Å². The summed E-state index contributed by atoms with van der Waals surface area (Å²) >= 11 is 0. The molecular weight excluding hydrogens is 298 g/mol. The molecule has 6 nitrogen and oxygen atoms in total. The van der Waals surface area contributed by atoms with E-state index in [1.54, 1.807) is 7.05 Å². The predicted molar refractivity (Wildman–Crippen MR) is 82.1 cm³/mol. The fourth-order valence-corrected chi connectivity index (χ4v) is 3.98. The third-order valence-corrected chi connectivity index (χ3v) is 5.04. The Morgan fingerprint density at radius 3 is 2.57 bits per heavy atom. The van der Waals surface area contributed by atoms with E-state index in [4.69, 9.17) is 9.47 Å². The van der Waals surface area contributed by atoms with E-state index in [9.17, 15) is 14.4 Å². The number of hydrogen-bond acceptors (Lipinski definition) is 5. The van der Waals surface area contributed by atoms with Crippen LogP contribution in [0.25, 0.3) is 0 Å². The Morgan fingerprint density at radius 2 is 1.91 bits per heavy atom. The molecule has 3 rings (SSSR count). The van der Waals surface area contributed by atoms with Gasteiger partial charge in [0.2, 0.25) is 5.91 Å². The minimum absolute atomic E-state index is 0.0199. The summed E-state index contributed by atoms with van der Waals surface area (Å²) < 4.78 is 10.4. The predicted octanol–water partition coefficient (Wildman–Crippen LogP) is 1.28. The number of esters is 1. The quantitative estimate of drug-likeness (QED) is 0.607. The molecule has 1 heterocycles. The van der Waals surface area contributed by atoms with Crippen molar-refractivity contribution in [2.24, 2.45) is 5.41 Å². The molecule has 1 aromatic carbocycles. The lowest BCUT2D eigenvalue weighted by Crippen LogP contribution is -2.63. The highest BCUT2D eigenvalue weighted by Crippen LogP contribution is 2.54. The summed E-state index contributed by atoms with van der Waals surface area (Å²) in [5.74, 6) is -1.62. The molecule has 0 spiro atoms. The topological polar surface area (TPSA) is 72.9 Å². The standard InChI is InChI=1S/C17H19NO5/c1-18-13-7-5-4-6-11(13)12-8-10(19)9-14(22-2)17(12,15(18)20)16(21)23-3/h4-7,12,14H,8-9H2,1-3H3/t12-,14-,17-/m0/s1. The first kappa shape index (κ1) is 15.7. The molecule has 6 heteroatoms. The van der Waals surface area contributed by atoms with Crippen LogP contribution in [-0.4, -0.2) is 45.0 Å². The van der Waals surface area contributed by atoms with Crippen molar-refractivity contribution in [2.45, 2.75) is 24.9 Å². The van der Waals surface area contributed by atoms with Gasteiger partial charge in [0.1, 0.15) is 5.78 Å². The third-order valence-electron chi connectivity index (χ3n) is 5.04. The van der Waals surface area contributed by atoms with Crippen LogP contribution in [0.3, 0.4) is 0 Å². The molecule has 1 aromatic rings. The average Bonchev–Trinajstić information content (AvgIpc) is 2.58. The summed E-state index contributed by atoms with van der Waals surface area (Å²) in [4.78, 5) is 39.5. The van der Waals surface area contributed by atoms with Crippen LogP contribution in [-0.2, 0) is 23.9 Å². The molecule has 1 aliphatic carbocycles. The van der Waals surface area contributed by atoms with Gasteiger partial charge in [-0.2, -0.15) is 0 Å². The summed E-state index contributed by atoms with van der Waals surface area (Å²) in [6.45, 7) is 0. The number of Topliss-reactive ketones (excluding diaryl/α,β-unsaturated/α-hetero) is 1. The van der Waals surface area contributed by atoms with Gasteiger partial charge in [-0.3, -0.25) is 14.4 Å². The number of ketones is 1. The second-order valence-electron chi connectivity index (χ2n) is 6.01. The normalized spacial score (nSPS) is 29.8. The van der Waals surface area contributed by atoms with Crippen molar-refractivity contribution >= 4 is 23.3 Å². The Morgan fingerprint density at radius 1 is 1.22 bits per heavy atom. The molecule has 0 bridgehead atoms. The highest BCUT2D eigenvalue weighted by atomic mass is 16.5. The highest BCUT2D eigenvalue weighted by molar-refractivity contribution is 6.15. The second-order valence-corrected chi connectivity index (χ2v) is 6.01. The van der Waals surface area contributed by atoms with Crippen molar-refractivity contribution in [1.29, 1.82) is 0 Å². The molecule has 0 unspecified atom stereocenters. The van der Waals surface area contributed by atoms with E-state index in [1.165, 1.54) is 19.1 Å².